The van der Waals surface area contributed by atoms with Gasteiger partial charge in [-0.2, -0.15) is 22.5 Å². The van der Waals surface area contributed by atoms with Crippen molar-refractivity contribution in [3.8, 4) is 0 Å². The second kappa shape index (κ2) is 11.5. The molecule has 1 aromatic rings. The highest BCUT2D eigenvalue weighted by Crippen LogP contribution is 2.28. The Bertz CT molecular complexity index is 792. The Morgan fingerprint density at radius 1 is 1.33 bits per heavy atom. The van der Waals surface area contributed by atoms with Gasteiger partial charge in [0.15, 0.2) is 11.8 Å². The van der Waals surface area contributed by atoms with Crippen molar-refractivity contribution in [2.45, 2.75) is 57.5 Å². The molecule has 2 heterocycles. The number of piperidine rings is 1. The summed E-state index contributed by atoms with van der Waals surface area (Å²) >= 11 is 0. The highest BCUT2D eigenvalue weighted by Gasteiger charge is 2.50. The number of sulfonamides is 1. The van der Waals surface area contributed by atoms with Gasteiger partial charge in [0, 0.05) is 38.0 Å². The maximum atomic E-state index is 12.7. The lowest BCUT2D eigenvalue weighted by atomic mass is 10.1. The van der Waals surface area contributed by atoms with E-state index in [1.807, 2.05) is 20.8 Å². The maximum absolute atomic E-state index is 12.7. The molecule has 1 aliphatic heterocycles. The predicted molar refractivity (Wildman–Crippen MR) is 116 cm³/mol. The van der Waals surface area contributed by atoms with E-state index in [1.54, 1.807) is 0 Å². The smallest absolute Gasteiger partial charge is 0.357 e. The molecule has 0 aliphatic carbocycles. The van der Waals surface area contributed by atoms with Crippen LogP contribution in [0.15, 0.2) is 9.52 Å². The van der Waals surface area contributed by atoms with E-state index in [2.05, 4.69) is 25.8 Å². The molecule has 0 spiro atoms. The number of guanidine groups is 1. The van der Waals surface area contributed by atoms with Crippen LogP contribution in [0.4, 0.5) is 13.2 Å². The first-order valence-electron chi connectivity index (χ1n) is 9.48. The highest BCUT2D eigenvalue weighted by atomic mass is 127. The molecular formula is C16H28F3IN6O3S. The van der Waals surface area contributed by atoms with Crippen LogP contribution in [0.25, 0.3) is 0 Å². The molecule has 0 atom stereocenters. The van der Waals surface area contributed by atoms with E-state index in [-0.39, 0.29) is 61.9 Å². The molecule has 9 nitrogen and oxygen atoms in total. The molecule has 30 heavy (non-hydrogen) atoms. The van der Waals surface area contributed by atoms with Gasteiger partial charge >= 0.3 is 15.5 Å². The average molecular weight is 568 g/mol. The zero-order chi connectivity index (χ0) is 21.7. The molecule has 14 heteroatoms. The van der Waals surface area contributed by atoms with Gasteiger partial charge in [-0.3, -0.25) is 4.99 Å². The summed E-state index contributed by atoms with van der Waals surface area (Å²) < 4.78 is 66.6. The van der Waals surface area contributed by atoms with Crippen molar-refractivity contribution in [1.29, 1.82) is 0 Å². The number of aliphatic imine (C=N–C) groups is 1. The minimum absolute atomic E-state index is 0. The number of nitrogens with zero attached hydrogens (tertiary/aromatic N) is 4. The van der Waals surface area contributed by atoms with Crippen LogP contribution >= 0.6 is 24.0 Å². The molecule has 0 radical (unpaired) electrons. The SMILES string of the molecule is CCNC(=NCCc1nc(C(C)C)no1)NC1CCN(S(=O)(=O)C(F)(F)F)CC1.I. The highest BCUT2D eigenvalue weighted by molar-refractivity contribution is 14.0. The van der Waals surface area contributed by atoms with Gasteiger partial charge < -0.3 is 15.2 Å². The molecule has 0 amide bonds. The van der Waals surface area contributed by atoms with Gasteiger partial charge in [-0.25, -0.2) is 8.42 Å². The second-order valence-corrected chi connectivity index (χ2v) is 8.91. The average Bonchev–Trinajstić information content (AvgIpc) is 3.10. The molecular weight excluding hydrogens is 540 g/mol. The van der Waals surface area contributed by atoms with Crippen molar-refractivity contribution in [2.24, 2.45) is 4.99 Å². The largest absolute Gasteiger partial charge is 0.511 e. The normalized spacial score (nSPS) is 17.1. The Labute approximate surface area is 191 Å². The molecule has 1 saturated heterocycles. The molecule has 0 unspecified atom stereocenters. The van der Waals surface area contributed by atoms with Crippen molar-refractivity contribution in [1.82, 2.24) is 25.1 Å². The van der Waals surface area contributed by atoms with Gasteiger partial charge in [0.05, 0.1) is 6.54 Å². The summed E-state index contributed by atoms with van der Waals surface area (Å²) in [5.41, 5.74) is -5.27. The van der Waals surface area contributed by atoms with Gasteiger partial charge in [0.25, 0.3) is 0 Å². The van der Waals surface area contributed by atoms with E-state index < -0.39 is 15.5 Å². The first-order valence-corrected chi connectivity index (χ1v) is 10.9. The number of alkyl halides is 3. The van der Waals surface area contributed by atoms with E-state index in [4.69, 9.17) is 4.52 Å². The third kappa shape index (κ3) is 7.21. The van der Waals surface area contributed by atoms with Gasteiger partial charge in [-0.05, 0) is 19.8 Å². The number of hydrogen-bond acceptors (Lipinski definition) is 6. The van der Waals surface area contributed by atoms with Gasteiger partial charge in [-0.15, -0.1) is 24.0 Å². The number of aromatic nitrogens is 2. The van der Waals surface area contributed by atoms with E-state index in [1.165, 1.54) is 0 Å². The van der Waals surface area contributed by atoms with Crippen molar-refractivity contribution in [3.05, 3.63) is 11.7 Å². The fraction of sp³-hybridized carbons (Fsp3) is 0.812. The van der Waals surface area contributed by atoms with Crippen molar-refractivity contribution in [2.75, 3.05) is 26.2 Å². The Hall–Kier alpha value is -1.16. The zero-order valence-corrected chi connectivity index (χ0v) is 20.2. The molecule has 1 aliphatic rings. The predicted octanol–water partition coefficient (Wildman–Crippen LogP) is 2.22. The van der Waals surface area contributed by atoms with Crippen LogP contribution in [0.2, 0.25) is 0 Å². The first-order chi connectivity index (χ1) is 13.5. The standard InChI is InChI=1S/C16H27F3N6O3S.HI/c1-4-20-15(21-8-5-13-23-14(11(2)3)24-28-13)22-12-6-9-25(10-7-12)29(26,27)16(17,18)19;/h11-12H,4-10H2,1-3H3,(H2,20,21,22);1H. The number of hydrogen-bond donors (Lipinski definition) is 2. The minimum Gasteiger partial charge on any atom is -0.357 e. The van der Waals surface area contributed by atoms with E-state index in [0.29, 0.717) is 41.5 Å². The summed E-state index contributed by atoms with van der Waals surface area (Å²) in [6, 6.07) is -0.177. The van der Waals surface area contributed by atoms with Gasteiger partial charge in [0.1, 0.15) is 0 Å². The van der Waals surface area contributed by atoms with Crippen molar-refractivity contribution < 1.29 is 26.1 Å². The van der Waals surface area contributed by atoms with Crippen LogP contribution < -0.4 is 10.6 Å². The zero-order valence-electron chi connectivity index (χ0n) is 17.1. The minimum atomic E-state index is -5.27. The van der Waals surface area contributed by atoms with Crippen LogP contribution in [0.1, 0.15) is 51.2 Å². The van der Waals surface area contributed by atoms with Crippen LogP contribution in [-0.4, -0.2) is 66.6 Å². The Morgan fingerprint density at radius 3 is 2.47 bits per heavy atom. The lowest BCUT2D eigenvalue weighted by molar-refractivity contribution is -0.0494. The lowest BCUT2D eigenvalue weighted by Gasteiger charge is -2.32. The molecule has 174 valence electrons. The molecule has 2 rings (SSSR count). The van der Waals surface area contributed by atoms with E-state index in [9.17, 15) is 21.6 Å². The van der Waals surface area contributed by atoms with Crippen molar-refractivity contribution >= 4 is 40.0 Å². The third-order valence-corrected chi connectivity index (χ3v) is 6.00. The summed E-state index contributed by atoms with van der Waals surface area (Å²) in [4.78, 5) is 8.70. The quantitative estimate of drug-likeness (QED) is 0.295. The van der Waals surface area contributed by atoms with Crippen LogP contribution in [-0.2, 0) is 16.4 Å². The summed E-state index contributed by atoms with van der Waals surface area (Å²) in [7, 11) is -5.27. The second-order valence-electron chi connectivity index (χ2n) is 6.98. The summed E-state index contributed by atoms with van der Waals surface area (Å²) in [5.74, 6) is 1.80. The fourth-order valence-electron chi connectivity index (χ4n) is 2.77. The van der Waals surface area contributed by atoms with Gasteiger partial charge in [0.2, 0.25) is 5.89 Å². The third-order valence-electron chi connectivity index (χ3n) is 4.37. The Kier molecular flexibility index (Phi) is 10.3. The van der Waals surface area contributed by atoms with Crippen molar-refractivity contribution in [3.63, 3.8) is 0 Å². The molecule has 0 saturated carbocycles. The number of halogens is 4. The summed E-state index contributed by atoms with van der Waals surface area (Å²) in [5, 5.41) is 10.1. The monoisotopic (exact) mass is 568 g/mol. The van der Waals surface area contributed by atoms with E-state index >= 15 is 0 Å². The van der Waals surface area contributed by atoms with Gasteiger partial charge in [-0.1, -0.05) is 19.0 Å². The maximum Gasteiger partial charge on any atom is 0.511 e. The Balaban J connectivity index is 0.00000450. The van der Waals surface area contributed by atoms with E-state index in [0.717, 1.165) is 0 Å². The summed E-state index contributed by atoms with van der Waals surface area (Å²) in [6.45, 7) is 6.42. The molecule has 0 bridgehead atoms. The molecule has 1 fully saturated rings. The van der Waals surface area contributed by atoms with Crippen LogP contribution in [0.5, 0.6) is 0 Å². The van der Waals surface area contributed by atoms with Crippen LogP contribution in [0, 0.1) is 0 Å². The van der Waals surface area contributed by atoms with Crippen LogP contribution in [0.3, 0.4) is 0 Å². The molecule has 0 aromatic carbocycles. The number of rotatable bonds is 7. The number of nitrogens with one attached hydrogen (secondary N) is 2. The Morgan fingerprint density at radius 2 is 1.97 bits per heavy atom. The molecule has 2 N–H and O–H groups in total. The first kappa shape index (κ1) is 26.9. The summed E-state index contributed by atoms with van der Waals surface area (Å²) in [6.07, 6.45) is 0.959. The fourth-order valence-corrected chi connectivity index (χ4v) is 3.75. The molecule has 1 aromatic heterocycles. The topological polar surface area (TPSA) is 113 Å². The lowest BCUT2D eigenvalue weighted by Crippen LogP contribution is -2.51.